The average Bonchev–Trinajstić information content (AvgIpc) is 3.29. The van der Waals surface area contributed by atoms with Gasteiger partial charge in [0.15, 0.2) is 5.76 Å². The summed E-state index contributed by atoms with van der Waals surface area (Å²) < 4.78 is 11.7. The standard InChI is InChI=1S/C22H19N3O3/c1-27-18-7-6-15-21(26)19(12-17-14-4-2-3-5-16(14)24-25-17)28-22(15)20(18)13-8-10-23-11-9-13/h2-8,12,23H,9-11H2,1H3,(H,24,25). The lowest BCUT2D eigenvalue weighted by Gasteiger charge is -2.18. The van der Waals surface area contributed by atoms with E-state index in [9.17, 15) is 4.79 Å². The van der Waals surface area contributed by atoms with Gasteiger partial charge in [0.05, 0.1) is 29.4 Å². The third-order valence-corrected chi connectivity index (χ3v) is 5.17. The summed E-state index contributed by atoms with van der Waals surface area (Å²) in [4.78, 5) is 13.0. The van der Waals surface area contributed by atoms with Gasteiger partial charge < -0.3 is 14.8 Å². The Morgan fingerprint density at radius 2 is 2.11 bits per heavy atom. The molecule has 0 unspecified atom stereocenters. The highest BCUT2D eigenvalue weighted by atomic mass is 16.5. The number of nitrogens with one attached hydrogen (secondary N) is 2. The molecule has 2 aliphatic rings. The van der Waals surface area contributed by atoms with Crippen molar-refractivity contribution in [3.63, 3.8) is 0 Å². The number of allylic oxidation sites excluding steroid dienone is 1. The minimum Gasteiger partial charge on any atom is -0.496 e. The Hall–Kier alpha value is -3.38. The van der Waals surface area contributed by atoms with Crippen LogP contribution < -0.4 is 14.8 Å². The Bertz CT molecular complexity index is 1160. The number of nitrogens with zero attached hydrogens (tertiary/aromatic N) is 1. The summed E-state index contributed by atoms with van der Waals surface area (Å²) in [6.07, 6.45) is 4.68. The van der Waals surface area contributed by atoms with Crippen molar-refractivity contribution < 1.29 is 14.3 Å². The molecule has 0 saturated carbocycles. The second-order valence-corrected chi connectivity index (χ2v) is 6.80. The molecule has 5 rings (SSSR count). The summed E-state index contributed by atoms with van der Waals surface area (Å²) in [5, 5.41) is 11.6. The first-order valence-electron chi connectivity index (χ1n) is 9.24. The van der Waals surface area contributed by atoms with E-state index in [2.05, 4.69) is 21.6 Å². The number of aromatic nitrogens is 2. The Balaban J connectivity index is 1.61. The first-order chi connectivity index (χ1) is 13.8. The van der Waals surface area contributed by atoms with Gasteiger partial charge in [-0.1, -0.05) is 24.3 Å². The zero-order valence-corrected chi connectivity index (χ0v) is 15.4. The van der Waals surface area contributed by atoms with E-state index < -0.39 is 0 Å². The van der Waals surface area contributed by atoms with Crippen LogP contribution in [-0.2, 0) is 0 Å². The van der Waals surface area contributed by atoms with Crippen molar-refractivity contribution in [1.29, 1.82) is 0 Å². The SMILES string of the molecule is COc1ccc2c(c1C1=CCNCC1)OC(=Cc1n[nH]c3ccccc13)C2=O. The minimum absolute atomic E-state index is 0.138. The van der Waals surface area contributed by atoms with Crippen LogP contribution in [0.4, 0.5) is 0 Å². The van der Waals surface area contributed by atoms with Gasteiger partial charge in [-0.25, -0.2) is 0 Å². The molecule has 0 saturated heterocycles. The lowest BCUT2D eigenvalue weighted by Crippen LogP contribution is -2.20. The number of aromatic amines is 1. The molecule has 3 heterocycles. The summed E-state index contributed by atoms with van der Waals surface area (Å²) in [6.45, 7) is 1.67. The first kappa shape index (κ1) is 16.8. The van der Waals surface area contributed by atoms with Crippen LogP contribution in [0.25, 0.3) is 22.6 Å². The molecule has 0 radical (unpaired) electrons. The Kier molecular flexibility index (Phi) is 3.98. The van der Waals surface area contributed by atoms with Crippen LogP contribution in [0.2, 0.25) is 0 Å². The number of benzene rings is 2. The third-order valence-electron chi connectivity index (χ3n) is 5.17. The fraction of sp³-hybridized carbons (Fsp3) is 0.182. The molecule has 0 amide bonds. The highest BCUT2D eigenvalue weighted by Crippen LogP contribution is 2.44. The normalized spacial score (nSPS) is 17.5. The molecule has 1 aromatic heterocycles. The molecule has 0 aliphatic carbocycles. The average molecular weight is 373 g/mol. The molecule has 6 nitrogen and oxygen atoms in total. The third kappa shape index (κ3) is 2.61. The predicted molar refractivity (Wildman–Crippen MR) is 107 cm³/mol. The summed E-state index contributed by atoms with van der Waals surface area (Å²) in [5.41, 5.74) is 4.15. The fourth-order valence-electron chi connectivity index (χ4n) is 3.78. The molecule has 0 fully saturated rings. The molecule has 2 aliphatic heterocycles. The number of H-pyrrole nitrogens is 1. The van der Waals surface area contributed by atoms with Crippen LogP contribution in [0.5, 0.6) is 11.5 Å². The van der Waals surface area contributed by atoms with E-state index in [-0.39, 0.29) is 11.5 Å². The van der Waals surface area contributed by atoms with Crippen molar-refractivity contribution in [2.45, 2.75) is 6.42 Å². The van der Waals surface area contributed by atoms with E-state index in [0.29, 0.717) is 22.8 Å². The second kappa shape index (κ2) is 6.65. The number of carbonyl (C=O) groups excluding carboxylic acids is 1. The molecule has 0 spiro atoms. The molecule has 2 N–H and O–H groups in total. The highest BCUT2D eigenvalue weighted by Gasteiger charge is 2.33. The van der Waals surface area contributed by atoms with Gasteiger partial charge in [-0.3, -0.25) is 9.89 Å². The van der Waals surface area contributed by atoms with Crippen LogP contribution >= 0.6 is 0 Å². The quantitative estimate of drug-likeness (QED) is 0.687. The van der Waals surface area contributed by atoms with Crippen molar-refractivity contribution in [1.82, 2.24) is 15.5 Å². The van der Waals surface area contributed by atoms with Gasteiger partial charge in [0.25, 0.3) is 0 Å². The van der Waals surface area contributed by atoms with E-state index in [0.717, 1.165) is 41.5 Å². The summed E-state index contributed by atoms with van der Waals surface area (Å²) in [6, 6.07) is 11.4. The van der Waals surface area contributed by atoms with Gasteiger partial charge >= 0.3 is 0 Å². The number of rotatable bonds is 3. The lowest BCUT2D eigenvalue weighted by atomic mass is 9.95. The minimum atomic E-state index is -0.138. The van der Waals surface area contributed by atoms with Crippen molar-refractivity contribution in [2.24, 2.45) is 0 Å². The molecule has 28 heavy (non-hydrogen) atoms. The van der Waals surface area contributed by atoms with Gasteiger partial charge in [0, 0.05) is 18.0 Å². The summed E-state index contributed by atoms with van der Waals surface area (Å²) in [7, 11) is 1.64. The molecular weight excluding hydrogens is 354 g/mol. The monoisotopic (exact) mass is 373 g/mol. The molecule has 6 heteroatoms. The number of ketones is 1. The van der Waals surface area contributed by atoms with Crippen LogP contribution in [-0.4, -0.2) is 36.2 Å². The van der Waals surface area contributed by atoms with E-state index in [1.54, 1.807) is 19.3 Å². The topological polar surface area (TPSA) is 76.2 Å². The number of hydrogen-bond acceptors (Lipinski definition) is 5. The van der Waals surface area contributed by atoms with Crippen LogP contribution in [0.3, 0.4) is 0 Å². The number of ether oxygens (including phenoxy) is 2. The Morgan fingerprint density at radius 3 is 2.93 bits per heavy atom. The molecule has 3 aromatic rings. The van der Waals surface area contributed by atoms with Crippen molar-refractivity contribution in [3.05, 3.63) is 65.1 Å². The Morgan fingerprint density at radius 1 is 1.21 bits per heavy atom. The smallest absolute Gasteiger partial charge is 0.232 e. The second-order valence-electron chi connectivity index (χ2n) is 6.80. The van der Waals surface area contributed by atoms with Crippen molar-refractivity contribution in [3.8, 4) is 11.5 Å². The van der Waals surface area contributed by atoms with Crippen molar-refractivity contribution in [2.75, 3.05) is 20.2 Å². The first-order valence-corrected chi connectivity index (χ1v) is 9.24. The number of methoxy groups -OCH3 is 1. The molecule has 0 atom stereocenters. The van der Waals surface area contributed by atoms with E-state index >= 15 is 0 Å². The zero-order valence-electron chi connectivity index (χ0n) is 15.4. The van der Waals surface area contributed by atoms with Crippen molar-refractivity contribution >= 4 is 28.3 Å². The van der Waals surface area contributed by atoms with E-state index in [1.807, 2.05) is 30.3 Å². The number of hydrogen-bond donors (Lipinski definition) is 2. The maximum Gasteiger partial charge on any atom is 0.232 e. The Labute approximate surface area is 161 Å². The summed E-state index contributed by atoms with van der Waals surface area (Å²) in [5.74, 6) is 1.42. The zero-order chi connectivity index (χ0) is 19.1. The number of Topliss-reactive ketones (excluding diaryl/α,β-unsaturated/α-hetero) is 1. The fourth-order valence-corrected chi connectivity index (χ4v) is 3.78. The van der Waals surface area contributed by atoms with Gasteiger partial charge in [0.1, 0.15) is 11.5 Å². The van der Waals surface area contributed by atoms with Gasteiger partial charge in [0.2, 0.25) is 5.78 Å². The highest BCUT2D eigenvalue weighted by molar-refractivity contribution is 6.16. The van der Waals surface area contributed by atoms with Crippen LogP contribution in [0, 0.1) is 0 Å². The maximum atomic E-state index is 13.0. The van der Waals surface area contributed by atoms with Gasteiger partial charge in [-0.2, -0.15) is 5.10 Å². The van der Waals surface area contributed by atoms with Crippen LogP contribution in [0.1, 0.15) is 28.0 Å². The molecule has 0 bridgehead atoms. The number of fused-ring (bicyclic) bond motifs is 2. The number of carbonyl (C=O) groups is 1. The largest absolute Gasteiger partial charge is 0.496 e. The summed E-state index contributed by atoms with van der Waals surface area (Å²) >= 11 is 0. The van der Waals surface area contributed by atoms with E-state index in [1.165, 1.54) is 0 Å². The van der Waals surface area contributed by atoms with Gasteiger partial charge in [-0.15, -0.1) is 0 Å². The van der Waals surface area contributed by atoms with E-state index in [4.69, 9.17) is 9.47 Å². The lowest BCUT2D eigenvalue weighted by molar-refractivity contribution is 0.101. The number of para-hydroxylation sites is 1. The predicted octanol–water partition coefficient (Wildman–Crippen LogP) is 3.56. The van der Waals surface area contributed by atoms with Crippen LogP contribution in [0.15, 0.2) is 48.2 Å². The maximum absolute atomic E-state index is 13.0. The molecule has 2 aromatic carbocycles. The molecular formula is C22H19N3O3. The van der Waals surface area contributed by atoms with Gasteiger partial charge in [-0.05, 0) is 36.7 Å². The molecule has 140 valence electrons.